The van der Waals surface area contributed by atoms with Gasteiger partial charge in [0.05, 0.1) is 6.10 Å². The number of nitrogens with one attached hydrogen (secondary N) is 1. The molecule has 0 bridgehead atoms. The minimum Gasteiger partial charge on any atom is -0.387 e. The van der Waals surface area contributed by atoms with Crippen molar-refractivity contribution in [3.63, 3.8) is 0 Å². The summed E-state index contributed by atoms with van der Waals surface area (Å²) in [5, 5.41) is 13.3. The molecule has 0 amide bonds. The lowest BCUT2D eigenvalue weighted by Crippen LogP contribution is -2.20. The zero-order chi connectivity index (χ0) is 12.8. The van der Waals surface area contributed by atoms with E-state index in [1.54, 1.807) is 0 Å². The fourth-order valence-corrected chi connectivity index (χ4v) is 2.76. The number of aryl methyl sites for hydroxylation is 1. The molecule has 18 heavy (non-hydrogen) atoms. The van der Waals surface area contributed by atoms with E-state index in [-0.39, 0.29) is 0 Å². The molecule has 0 radical (unpaired) electrons. The smallest absolute Gasteiger partial charge is 0.0914 e. The Hall–Kier alpha value is -1.16. The van der Waals surface area contributed by atoms with E-state index in [4.69, 9.17) is 0 Å². The maximum atomic E-state index is 9.99. The highest BCUT2D eigenvalue weighted by Crippen LogP contribution is 2.17. The predicted molar refractivity (Wildman–Crippen MR) is 76.8 cm³/mol. The van der Waals surface area contributed by atoms with Crippen molar-refractivity contribution in [2.75, 3.05) is 6.54 Å². The van der Waals surface area contributed by atoms with Crippen LogP contribution in [0.3, 0.4) is 0 Å². The molecule has 96 valence electrons. The van der Waals surface area contributed by atoms with Crippen LogP contribution in [0.5, 0.6) is 0 Å². The summed E-state index contributed by atoms with van der Waals surface area (Å²) < 4.78 is 0. The molecule has 0 aliphatic carbocycles. The summed E-state index contributed by atoms with van der Waals surface area (Å²) in [5.41, 5.74) is 0.963. The molecular weight excluding hydrogens is 242 g/mol. The number of rotatable bonds is 6. The van der Waals surface area contributed by atoms with E-state index in [0.29, 0.717) is 6.54 Å². The van der Waals surface area contributed by atoms with Crippen molar-refractivity contribution in [1.82, 2.24) is 5.32 Å². The van der Waals surface area contributed by atoms with Crippen molar-refractivity contribution < 1.29 is 5.11 Å². The van der Waals surface area contributed by atoms with Gasteiger partial charge in [-0.3, -0.25) is 0 Å². The zero-order valence-electron chi connectivity index (χ0n) is 10.6. The molecule has 1 aromatic carbocycles. The van der Waals surface area contributed by atoms with Crippen molar-refractivity contribution in [2.24, 2.45) is 0 Å². The SMILES string of the molecule is CCc1ccc(CNCC(O)c2ccccc2)s1. The number of thiophene rings is 1. The number of hydrogen-bond acceptors (Lipinski definition) is 3. The van der Waals surface area contributed by atoms with Gasteiger partial charge in [0, 0.05) is 22.8 Å². The van der Waals surface area contributed by atoms with Crippen molar-refractivity contribution in [1.29, 1.82) is 0 Å². The lowest BCUT2D eigenvalue weighted by atomic mass is 10.1. The number of aliphatic hydroxyl groups is 1. The third kappa shape index (κ3) is 3.67. The topological polar surface area (TPSA) is 32.3 Å². The highest BCUT2D eigenvalue weighted by Gasteiger charge is 2.06. The molecule has 3 heteroatoms. The van der Waals surface area contributed by atoms with E-state index in [9.17, 15) is 5.11 Å². The van der Waals surface area contributed by atoms with E-state index < -0.39 is 6.10 Å². The number of aliphatic hydroxyl groups excluding tert-OH is 1. The summed E-state index contributed by atoms with van der Waals surface area (Å²) in [6, 6.07) is 14.1. The van der Waals surface area contributed by atoms with Crippen LogP contribution in [0.25, 0.3) is 0 Å². The van der Waals surface area contributed by atoms with E-state index >= 15 is 0 Å². The van der Waals surface area contributed by atoms with E-state index in [1.807, 2.05) is 41.7 Å². The summed E-state index contributed by atoms with van der Waals surface area (Å²) in [5.74, 6) is 0. The normalized spacial score (nSPS) is 12.6. The third-order valence-electron chi connectivity index (χ3n) is 2.89. The molecular formula is C15H19NOS. The van der Waals surface area contributed by atoms with Gasteiger partial charge in [0.15, 0.2) is 0 Å². The molecule has 2 rings (SSSR count). The second-order valence-electron chi connectivity index (χ2n) is 4.28. The van der Waals surface area contributed by atoms with Crippen LogP contribution in [0.1, 0.15) is 28.3 Å². The van der Waals surface area contributed by atoms with Crippen LogP contribution >= 0.6 is 11.3 Å². The van der Waals surface area contributed by atoms with Gasteiger partial charge in [-0.1, -0.05) is 37.3 Å². The lowest BCUT2D eigenvalue weighted by Gasteiger charge is -2.11. The first-order chi connectivity index (χ1) is 8.79. The van der Waals surface area contributed by atoms with Crippen LogP contribution in [0.15, 0.2) is 42.5 Å². The van der Waals surface area contributed by atoms with Crippen LogP contribution in [0.2, 0.25) is 0 Å². The predicted octanol–water partition coefficient (Wildman–Crippen LogP) is 3.13. The van der Waals surface area contributed by atoms with Gasteiger partial charge in [-0.2, -0.15) is 0 Å². The molecule has 0 aliphatic rings. The largest absolute Gasteiger partial charge is 0.387 e. The molecule has 1 unspecified atom stereocenters. The van der Waals surface area contributed by atoms with E-state index in [0.717, 1.165) is 18.5 Å². The van der Waals surface area contributed by atoms with E-state index in [2.05, 4.69) is 24.4 Å². The van der Waals surface area contributed by atoms with Gasteiger partial charge in [0.25, 0.3) is 0 Å². The molecule has 0 saturated heterocycles. The first-order valence-corrected chi connectivity index (χ1v) is 7.12. The number of benzene rings is 1. The van der Waals surface area contributed by atoms with Gasteiger partial charge in [-0.15, -0.1) is 11.3 Å². The Morgan fingerprint density at radius 1 is 1.11 bits per heavy atom. The minimum atomic E-state index is -0.434. The van der Waals surface area contributed by atoms with Crippen LogP contribution in [0, 0.1) is 0 Å². The Morgan fingerprint density at radius 3 is 2.50 bits per heavy atom. The monoisotopic (exact) mass is 261 g/mol. The van der Waals surface area contributed by atoms with Gasteiger partial charge in [0.2, 0.25) is 0 Å². The molecule has 1 atom stereocenters. The molecule has 1 heterocycles. The Kier molecular flexibility index (Phi) is 4.93. The summed E-state index contributed by atoms with van der Waals surface area (Å²) in [4.78, 5) is 2.74. The van der Waals surface area contributed by atoms with Gasteiger partial charge in [-0.05, 0) is 24.1 Å². The Bertz CT molecular complexity index is 466. The first-order valence-electron chi connectivity index (χ1n) is 6.31. The van der Waals surface area contributed by atoms with Crippen LogP contribution in [-0.2, 0) is 13.0 Å². The first kappa shape index (κ1) is 13.3. The molecule has 0 spiro atoms. The maximum absolute atomic E-state index is 9.99. The van der Waals surface area contributed by atoms with Crippen molar-refractivity contribution in [3.8, 4) is 0 Å². The van der Waals surface area contributed by atoms with Crippen molar-refractivity contribution in [3.05, 3.63) is 57.8 Å². The van der Waals surface area contributed by atoms with E-state index in [1.165, 1.54) is 9.75 Å². The summed E-state index contributed by atoms with van der Waals surface area (Å²) in [6.45, 7) is 3.58. The third-order valence-corrected chi connectivity index (χ3v) is 4.12. The molecule has 2 N–H and O–H groups in total. The quantitative estimate of drug-likeness (QED) is 0.837. The second-order valence-corrected chi connectivity index (χ2v) is 5.53. The highest BCUT2D eigenvalue weighted by atomic mass is 32.1. The summed E-state index contributed by atoms with van der Waals surface area (Å²) in [6.07, 6.45) is 0.661. The Balaban J connectivity index is 1.78. The molecule has 1 aromatic heterocycles. The standard InChI is InChI=1S/C15H19NOS/c1-2-13-8-9-14(18-13)10-16-11-15(17)12-6-4-3-5-7-12/h3-9,15-17H,2,10-11H2,1H3. The summed E-state index contributed by atoms with van der Waals surface area (Å²) in [7, 11) is 0. The molecule has 2 aromatic rings. The zero-order valence-corrected chi connectivity index (χ0v) is 11.4. The van der Waals surface area contributed by atoms with Gasteiger partial charge in [-0.25, -0.2) is 0 Å². The van der Waals surface area contributed by atoms with Gasteiger partial charge >= 0.3 is 0 Å². The molecule has 0 fully saturated rings. The van der Waals surface area contributed by atoms with Crippen LogP contribution in [0.4, 0.5) is 0 Å². The Morgan fingerprint density at radius 2 is 1.83 bits per heavy atom. The maximum Gasteiger partial charge on any atom is 0.0914 e. The van der Waals surface area contributed by atoms with Gasteiger partial charge in [0.1, 0.15) is 0 Å². The average molecular weight is 261 g/mol. The fraction of sp³-hybridized carbons (Fsp3) is 0.333. The van der Waals surface area contributed by atoms with Crippen molar-refractivity contribution in [2.45, 2.75) is 26.0 Å². The summed E-state index contributed by atoms with van der Waals surface area (Å²) >= 11 is 1.84. The van der Waals surface area contributed by atoms with Gasteiger partial charge < -0.3 is 10.4 Å². The highest BCUT2D eigenvalue weighted by molar-refractivity contribution is 7.11. The van der Waals surface area contributed by atoms with Crippen molar-refractivity contribution >= 4 is 11.3 Å². The molecule has 2 nitrogen and oxygen atoms in total. The second kappa shape index (κ2) is 6.69. The van der Waals surface area contributed by atoms with Crippen LogP contribution < -0.4 is 5.32 Å². The minimum absolute atomic E-state index is 0.434. The fourth-order valence-electron chi connectivity index (χ4n) is 1.83. The molecule has 0 saturated carbocycles. The average Bonchev–Trinajstić information content (AvgIpc) is 2.87. The number of hydrogen-bond donors (Lipinski definition) is 2. The Labute approximate surface area is 112 Å². The molecule has 0 aliphatic heterocycles. The van der Waals surface area contributed by atoms with Crippen LogP contribution in [-0.4, -0.2) is 11.7 Å². The lowest BCUT2D eigenvalue weighted by molar-refractivity contribution is 0.174.